The zero-order chi connectivity index (χ0) is 62.6. The van der Waals surface area contributed by atoms with Crippen LogP contribution in [0.2, 0.25) is 0 Å². The molecule has 0 saturated carbocycles. The van der Waals surface area contributed by atoms with Gasteiger partial charge in [0.05, 0.1) is 27.7 Å². The predicted molar refractivity (Wildman–Crippen MR) is 370 cm³/mol. The number of rotatable bonds is 72. The van der Waals surface area contributed by atoms with Crippen LogP contribution >= 0.6 is 7.82 Å². The van der Waals surface area contributed by atoms with E-state index in [9.17, 15) is 19.0 Å². The summed E-state index contributed by atoms with van der Waals surface area (Å²) in [5, 5.41) is 0. The summed E-state index contributed by atoms with van der Waals surface area (Å²) < 4.78 is 34.4. The second-order valence-electron chi connectivity index (χ2n) is 27.4. The minimum atomic E-state index is -4.64. The van der Waals surface area contributed by atoms with E-state index in [2.05, 4.69) is 38.2 Å². The molecule has 0 radical (unpaired) electrons. The Hall–Kier alpha value is -1.51. The molecule has 0 saturated heterocycles. The molecule has 0 aliphatic carbocycles. The SMILES string of the molecule is CCCCCCC/C=C\C/C=C\CCCCCCCCCCCCCCCCCCCCCCCCCCCCCCCC(=O)OC(COC(=O)CCCCCCCCCCCCCCCCCCCCCCC)COP(=O)([O-])OCC[N+](C)(C)C. The first kappa shape index (κ1) is 84.5. The fraction of sp³-hybridized carbons (Fsp3) is 0.921. The van der Waals surface area contributed by atoms with Crippen LogP contribution in [-0.2, 0) is 32.7 Å². The Labute approximate surface area is 536 Å². The molecule has 0 fully saturated rings. The van der Waals surface area contributed by atoms with Crippen molar-refractivity contribution in [2.75, 3.05) is 47.5 Å². The molecule has 0 N–H and O–H groups in total. The van der Waals surface area contributed by atoms with Crippen LogP contribution in [0.5, 0.6) is 0 Å². The number of unbranched alkanes of at least 4 members (excludes halogenated alkanes) is 54. The molecule has 0 amide bonds. The highest BCUT2D eigenvalue weighted by Crippen LogP contribution is 2.38. The van der Waals surface area contributed by atoms with Crippen LogP contribution in [0.3, 0.4) is 0 Å². The van der Waals surface area contributed by atoms with E-state index in [-0.39, 0.29) is 32.0 Å². The van der Waals surface area contributed by atoms with Crippen molar-refractivity contribution < 1.29 is 42.1 Å². The van der Waals surface area contributed by atoms with Crippen LogP contribution in [0.1, 0.15) is 399 Å². The van der Waals surface area contributed by atoms with Crippen LogP contribution in [0.4, 0.5) is 0 Å². The summed E-state index contributed by atoms with van der Waals surface area (Å²) in [5.41, 5.74) is 0. The number of carbonyl (C=O) groups excluding carboxylic acids is 2. The summed E-state index contributed by atoms with van der Waals surface area (Å²) in [4.78, 5) is 38.1. The molecule has 2 atom stereocenters. The van der Waals surface area contributed by atoms with Crippen LogP contribution in [0, 0.1) is 0 Å². The van der Waals surface area contributed by atoms with Gasteiger partial charge in [-0.2, -0.15) is 0 Å². The Morgan fingerprint density at radius 1 is 0.360 bits per heavy atom. The van der Waals surface area contributed by atoms with Gasteiger partial charge in [-0.1, -0.05) is 366 Å². The highest BCUT2D eigenvalue weighted by Gasteiger charge is 2.22. The van der Waals surface area contributed by atoms with Crippen LogP contribution < -0.4 is 4.89 Å². The highest BCUT2D eigenvalue weighted by molar-refractivity contribution is 7.45. The largest absolute Gasteiger partial charge is 0.756 e. The summed E-state index contributed by atoms with van der Waals surface area (Å²) in [5.74, 6) is -0.806. The first-order chi connectivity index (χ1) is 42.0. The van der Waals surface area contributed by atoms with E-state index in [4.69, 9.17) is 18.5 Å². The summed E-state index contributed by atoms with van der Waals surface area (Å²) in [6, 6.07) is 0. The Bertz CT molecular complexity index is 1500. The molecule has 10 heteroatoms. The molecule has 0 heterocycles. The van der Waals surface area contributed by atoms with Gasteiger partial charge in [-0.25, -0.2) is 0 Å². The first-order valence-corrected chi connectivity index (χ1v) is 39.5. The maximum atomic E-state index is 12.9. The molecule has 0 bridgehead atoms. The fourth-order valence-electron chi connectivity index (χ4n) is 11.6. The van der Waals surface area contributed by atoms with Gasteiger partial charge in [-0.05, 0) is 44.9 Å². The second-order valence-corrected chi connectivity index (χ2v) is 28.8. The number of hydrogen-bond acceptors (Lipinski definition) is 8. The van der Waals surface area contributed by atoms with Crippen molar-refractivity contribution >= 4 is 19.8 Å². The molecule has 0 aromatic heterocycles. The Morgan fingerprint density at radius 3 is 0.919 bits per heavy atom. The van der Waals surface area contributed by atoms with E-state index in [0.717, 1.165) is 38.5 Å². The van der Waals surface area contributed by atoms with E-state index in [1.165, 1.54) is 327 Å². The van der Waals surface area contributed by atoms with Crippen molar-refractivity contribution in [3.63, 3.8) is 0 Å². The minimum Gasteiger partial charge on any atom is -0.756 e. The van der Waals surface area contributed by atoms with Gasteiger partial charge in [0.1, 0.15) is 19.8 Å². The quantitative estimate of drug-likeness (QED) is 0.0195. The maximum absolute atomic E-state index is 12.9. The first-order valence-electron chi connectivity index (χ1n) is 38.0. The van der Waals surface area contributed by atoms with Gasteiger partial charge in [0.25, 0.3) is 7.82 Å². The molecule has 510 valence electrons. The Kier molecular flexibility index (Phi) is 66.7. The molecule has 0 aliphatic heterocycles. The third kappa shape index (κ3) is 71.6. The standard InChI is InChI=1S/C76H148NO8P/c1-6-8-10-12-14-16-18-20-22-24-26-28-29-30-31-32-33-34-35-36-37-38-39-40-41-42-43-44-45-46-47-49-51-53-55-57-59-61-63-65-67-69-76(79)85-74(73-84-86(80,81)83-71-70-77(3,4)5)72-82-75(78)68-66-64-62-60-58-56-54-52-50-48-27-25-23-21-19-17-15-13-11-9-7-2/h18,20,24,26,74H,6-17,19,21-23,25,27-73H2,1-5H3/b20-18-,26-24-. The normalized spacial score (nSPS) is 13.1. The highest BCUT2D eigenvalue weighted by atomic mass is 31.2. The van der Waals surface area contributed by atoms with Crippen LogP contribution in [0.25, 0.3) is 0 Å². The maximum Gasteiger partial charge on any atom is 0.306 e. The number of hydrogen-bond donors (Lipinski definition) is 0. The van der Waals surface area contributed by atoms with Crippen molar-refractivity contribution in [1.82, 2.24) is 0 Å². The van der Waals surface area contributed by atoms with Gasteiger partial charge in [-0.3, -0.25) is 14.2 Å². The predicted octanol–water partition coefficient (Wildman–Crippen LogP) is 24.2. The molecule has 0 spiro atoms. The second kappa shape index (κ2) is 67.9. The number of ether oxygens (including phenoxy) is 2. The van der Waals surface area contributed by atoms with Gasteiger partial charge in [0.2, 0.25) is 0 Å². The molecule has 2 unspecified atom stereocenters. The summed E-state index contributed by atoms with van der Waals surface area (Å²) in [6.07, 6.45) is 85.8. The molecule has 0 aliphatic rings. The topological polar surface area (TPSA) is 111 Å². The lowest BCUT2D eigenvalue weighted by atomic mass is 10.0. The number of esters is 2. The van der Waals surface area contributed by atoms with E-state index in [0.29, 0.717) is 17.4 Å². The van der Waals surface area contributed by atoms with Crippen LogP contribution in [0.15, 0.2) is 24.3 Å². The minimum absolute atomic E-state index is 0.0259. The average Bonchev–Trinajstić information content (AvgIpc) is 3.70. The molecule has 0 aromatic carbocycles. The molecule has 9 nitrogen and oxygen atoms in total. The zero-order valence-electron chi connectivity index (χ0n) is 58.3. The van der Waals surface area contributed by atoms with Crippen LogP contribution in [-0.4, -0.2) is 70.0 Å². The van der Waals surface area contributed by atoms with Gasteiger partial charge >= 0.3 is 11.9 Å². The average molecular weight is 1230 g/mol. The van der Waals surface area contributed by atoms with Gasteiger partial charge in [-0.15, -0.1) is 0 Å². The van der Waals surface area contributed by atoms with Crippen molar-refractivity contribution in [1.29, 1.82) is 0 Å². The van der Waals surface area contributed by atoms with Gasteiger partial charge in [0.15, 0.2) is 6.10 Å². The lowest BCUT2D eigenvalue weighted by Gasteiger charge is -2.28. The van der Waals surface area contributed by atoms with Crippen molar-refractivity contribution in [2.45, 2.75) is 405 Å². The van der Waals surface area contributed by atoms with Gasteiger partial charge < -0.3 is 27.9 Å². The molecule has 0 aromatic rings. The lowest BCUT2D eigenvalue weighted by molar-refractivity contribution is -0.870. The van der Waals surface area contributed by atoms with E-state index >= 15 is 0 Å². The Morgan fingerprint density at radius 2 is 0.628 bits per heavy atom. The number of allylic oxidation sites excluding steroid dienone is 4. The third-order valence-corrected chi connectivity index (χ3v) is 18.4. The molecular formula is C76H148NO8P. The number of phosphoric acid groups is 1. The number of likely N-dealkylation sites (N-methyl/N-ethyl adjacent to an activating group) is 1. The number of quaternary nitrogens is 1. The van der Waals surface area contributed by atoms with E-state index < -0.39 is 26.5 Å². The number of nitrogens with zero attached hydrogens (tertiary/aromatic N) is 1. The van der Waals surface area contributed by atoms with Crippen molar-refractivity contribution in [3.05, 3.63) is 24.3 Å². The number of carbonyl (C=O) groups is 2. The molecule has 0 rings (SSSR count). The van der Waals surface area contributed by atoms with E-state index in [1.807, 2.05) is 21.1 Å². The molecular weight excluding hydrogens is 1090 g/mol. The lowest BCUT2D eigenvalue weighted by Crippen LogP contribution is -2.37. The third-order valence-electron chi connectivity index (χ3n) is 17.5. The summed E-state index contributed by atoms with van der Waals surface area (Å²) in [6.45, 7) is 4.31. The van der Waals surface area contributed by atoms with Crippen molar-refractivity contribution in [2.24, 2.45) is 0 Å². The van der Waals surface area contributed by atoms with Gasteiger partial charge in [0, 0.05) is 12.8 Å². The fourth-order valence-corrected chi connectivity index (χ4v) is 12.4. The zero-order valence-corrected chi connectivity index (χ0v) is 59.2. The van der Waals surface area contributed by atoms with E-state index in [1.54, 1.807) is 0 Å². The Balaban J connectivity index is 3.86. The summed E-state index contributed by atoms with van der Waals surface area (Å²) in [7, 11) is 1.19. The monoisotopic (exact) mass is 1230 g/mol. The molecule has 86 heavy (non-hydrogen) atoms. The summed E-state index contributed by atoms with van der Waals surface area (Å²) >= 11 is 0. The van der Waals surface area contributed by atoms with Crippen molar-refractivity contribution in [3.8, 4) is 0 Å². The number of phosphoric ester groups is 1. The smallest absolute Gasteiger partial charge is 0.306 e.